The second-order valence-corrected chi connectivity index (χ2v) is 2.46. The first-order valence-electron chi connectivity index (χ1n) is 3.49. The molecule has 0 aliphatic carbocycles. The first kappa shape index (κ1) is 7.66. The second kappa shape index (κ2) is 3.10. The van der Waals surface area contributed by atoms with Crippen molar-refractivity contribution in [2.75, 3.05) is 11.5 Å². The smallest absolute Gasteiger partial charge is 0.0550 e. The molecule has 0 unspecified atom stereocenters. The van der Waals surface area contributed by atoms with Crippen LogP contribution in [0.5, 0.6) is 0 Å². The predicted molar refractivity (Wildman–Crippen MR) is 49.2 cm³/mol. The summed E-state index contributed by atoms with van der Waals surface area (Å²) in [5, 5.41) is 0. The largest absolute Gasteiger partial charge is 0.397 e. The normalized spacial score (nSPS) is 9.45. The van der Waals surface area contributed by atoms with E-state index in [2.05, 4.69) is 6.58 Å². The summed E-state index contributed by atoms with van der Waals surface area (Å²) in [5.74, 6) is 0. The number of nitrogen functional groups attached to an aromatic ring is 2. The molecule has 0 amide bonds. The van der Waals surface area contributed by atoms with Gasteiger partial charge in [0.15, 0.2) is 0 Å². The maximum atomic E-state index is 5.59. The molecular formula is C9H12N2. The van der Waals surface area contributed by atoms with Crippen LogP contribution >= 0.6 is 0 Å². The minimum atomic E-state index is 0.637. The molecule has 1 aromatic carbocycles. The lowest BCUT2D eigenvalue weighted by molar-refractivity contribution is 1.28. The molecule has 0 aromatic heterocycles. The second-order valence-electron chi connectivity index (χ2n) is 2.46. The molecule has 0 saturated carbocycles. The molecule has 1 aromatic rings. The summed E-state index contributed by atoms with van der Waals surface area (Å²) < 4.78 is 0. The highest BCUT2D eigenvalue weighted by Crippen LogP contribution is 2.16. The molecule has 0 fully saturated rings. The van der Waals surface area contributed by atoms with E-state index in [0.29, 0.717) is 11.4 Å². The van der Waals surface area contributed by atoms with Gasteiger partial charge in [-0.25, -0.2) is 0 Å². The Hall–Kier alpha value is -1.44. The van der Waals surface area contributed by atoms with Gasteiger partial charge in [0.2, 0.25) is 0 Å². The van der Waals surface area contributed by atoms with Gasteiger partial charge in [0.25, 0.3) is 0 Å². The minimum absolute atomic E-state index is 0.637. The van der Waals surface area contributed by atoms with E-state index in [1.54, 1.807) is 0 Å². The Balaban J connectivity index is 2.95. The fraction of sp³-hybridized carbons (Fsp3) is 0.111. The van der Waals surface area contributed by atoms with E-state index in [4.69, 9.17) is 11.5 Å². The van der Waals surface area contributed by atoms with E-state index in [1.165, 1.54) is 0 Å². The monoisotopic (exact) mass is 148 g/mol. The molecule has 0 bridgehead atoms. The quantitative estimate of drug-likeness (QED) is 0.494. The van der Waals surface area contributed by atoms with E-state index < -0.39 is 0 Å². The van der Waals surface area contributed by atoms with Gasteiger partial charge in [0.1, 0.15) is 0 Å². The third-order valence-electron chi connectivity index (χ3n) is 1.53. The maximum absolute atomic E-state index is 5.59. The first-order chi connectivity index (χ1) is 5.24. The number of rotatable bonds is 2. The van der Waals surface area contributed by atoms with Crippen LogP contribution < -0.4 is 11.5 Å². The van der Waals surface area contributed by atoms with Crippen molar-refractivity contribution < 1.29 is 0 Å². The Morgan fingerprint density at radius 1 is 1.27 bits per heavy atom. The number of hydrogen-bond donors (Lipinski definition) is 2. The van der Waals surface area contributed by atoms with E-state index in [9.17, 15) is 0 Å². The third-order valence-corrected chi connectivity index (χ3v) is 1.53. The van der Waals surface area contributed by atoms with Crippen molar-refractivity contribution in [3.8, 4) is 0 Å². The van der Waals surface area contributed by atoms with Crippen molar-refractivity contribution in [3.05, 3.63) is 36.4 Å². The van der Waals surface area contributed by atoms with Crippen LogP contribution in [0, 0.1) is 0 Å². The molecule has 2 heteroatoms. The zero-order valence-electron chi connectivity index (χ0n) is 6.38. The molecule has 0 spiro atoms. The van der Waals surface area contributed by atoms with Crippen molar-refractivity contribution in [2.24, 2.45) is 0 Å². The number of benzene rings is 1. The summed E-state index contributed by atoms with van der Waals surface area (Å²) in [6.45, 7) is 3.64. The summed E-state index contributed by atoms with van der Waals surface area (Å²) >= 11 is 0. The van der Waals surface area contributed by atoms with Crippen LogP contribution in [-0.2, 0) is 6.42 Å². The van der Waals surface area contributed by atoms with Gasteiger partial charge in [-0.3, -0.25) is 0 Å². The van der Waals surface area contributed by atoms with Crippen LogP contribution in [0.15, 0.2) is 30.9 Å². The topological polar surface area (TPSA) is 52.0 Å². The Labute approximate surface area is 66.5 Å². The molecule has 0 heterocycles. The van der Waals surface area contributed by atoms with Crippen molar-refractivity contribution in [3.63, 3.8) is 0 Å². The molecule has 2 nitrogen and oxygen atoms in total. The zero-order chi connectivity index (χ0) is 8.27. The highest BCUT2D eigenvalue weighted by molar-refractivity contribution is 5.63. The van der Waals surface area contributed by atoms with Crippen LogP contribution in [-0.4, -0.2) is 0 Å². The van der Waals surface area contributed by atoms with Gasteiger partial charge in [0.05, 0.1) is 11.4 Å². The highest BCUT2D eigenvalue weighted by Gasteiger charge is 1.94. The molecule has 58 valence electrons. The van der Waals surface area contributed by atoms with Crippen molar-refractivity contribution in [2.45, 2.75) is 6.42 Å². The number of anilines is 2. The van der Waals surface area contributed by atoms with Gasteiger partial charge in [-0.1, -0.05) is 12.1 Å². The summed E-state index contributed by atoms with van der Waals surface area (Å²) in [5.41, 5.74) is 13.6. The van der Waals surface area contributed by atoms with Crippen molar-refractivity contribution in [1.29, 1.82) is 0 Å². The molecule has 0 aliphatic rings. The molecule has 0 radical (unpaired) electrons. The molecule has 11 heavy (non-hydrogen) atoms. The van der Waals surface area contributed by atoms with Crippen LogP contribution in [0.2, 0.25) is 0 Å². The fourth-order valence-corrected chi connectivity index (χ4v) is 0.918. The van der Waals surface area contributed by atoms with Crippen molar-refractivity contribution >= 4 is 11.4 Å². The van der Waals surface area contributed by atoms with E-state index in [1.807, 2.05) is 24.3 Å². The van der Waals surface area contributed by atoms with E-state index in [-0.39, 0.29) is 0 Å². The average molecular weight is 148 g/mol. The van der Waals surface area contributed by atoms with Crippen molar-refractivity contribution in [1.82, 2.24) is 0 Å². The molecule has 0 atom stereocenters. The standard InChI is InChI=1S/C9H12N2/c1-2-3-7-4-5-8(10)9(11)6-7/h2,4-6H,1,3,10-11H2. The summed E-state index contributed by atoms with van der Waals surface area (Å²) in [6.07, 6.45) is 2.68. The van der Waals surface area contributed by atoms with Crippen LogP contribution in [0.25, 0.3) is 0 Å². The Morgan fingerprint density at radius 2 is 2.00 bits per heavy atom. The molecule has 0 saturated heterocycles. The zero-order valence-corrected chi connectivity index (χ0v) is 6.38. The molecule has 0 aliphatic heterocycles. The first-order valence-corrected chi connectivity index (χ1v) is 3.49. The Bertz CT molecular complexity index is 266. The SMILES string of the molecule is C=CCc1ccc(N)c(N)c1. The van der Waals surface area contributed by atoms with E-state index >= 15 is 0 Å². The lowest BCUT2D eigenvalue weighted by Gasteiger charge is -2.01. The van der Waals surface area contributed by atoms with Gasteiger partial charge in [0, 0.05) is 0 Å². The van der Waals surface area contributed by atoms with Gasteiger partial charge < -0.3 is 11.5 Å². The van der Waals surface area contributed by atoms with Crippen LogP contribution in [0.4, 0.5) is 11.4 Å². The van der Waals surface area contributed by atoms with Gasteiger partial charge in [-0.2, -0.15) is 0 Å². The van der Waals surface area contributed by atoms with Gasteiger partial charge in [-0.15, -0.1) is 6.58 Å². The summed E-state index contributed by atoms with van der Waals surface area (Å²) in [7, 11) is 0. The third kappa shape index (κ3) is 1.74. The van der Waals surface area contributed by atoms with Gasteiger partial charge >= 0.3 is 0 Å². The van der Waals surface area contributed by atoms with Gasteiger partial charge in [-0.05, 0) is 24.1 Å². The highest BCUT2D eigenvalue weighted by atomic mass is 14.7. The lowest BCUT2D eigenvalue weighted by atomic mass is 10.1. The Kier molecular flexibility index (Phi) is 2.16. The van der Waals surface area contributed by atoms with Crippen LogP contribution in [0.1, 0.15) is 5.56 Å². The van der Waals surface area contributed by atoms with Crippen LogP contribution in [0.3, 0.4) is 0 Å². The number of allylic oxidation sites excluding steroid dienone is 1. The predicted octanol–water partition coefficient (Wildman–Crippen LogP) is 1.58. The maximum Gasteiger partial charge on any atom is 0.0550 e. The van der Waals surface area contributed by atoms with E-state index in [0.717, 1.165) is 12.0 Å². The number of hydrogen-bond acceptors (Lipinski definition) is 2. The summed E-state index contributed by atoms with van der Waals surface area (Å²) in [4.78, 5) is 0. The average Bonchev–Trinajstić information content (AvgIpc) is 1.98. The minimum Gasteiger partial charge on any atom is -0.397 e. The molecule has 4 N–H and O–H groups in total. The molecular weight excluding hydrogens is 136 g/mol. The molecule has 1 rings (SSSR count). The summed E-state index contributed by atoms with van der Waals surface area (Å²) in [6, 6.07) is 5.64. The lowest BCUT2D eigenvalue weighted by Crippen LogP contribution is -1.95. The Morgan fingerprint density at radius 3 is 2.55 bits per heavy atom. The number of nitrogens with two attached hydrogens (primary N) is 2. The fourth-order valence-electron chi connectivity index (χ4n) is 0.918.